The highest BCUT2D eigenvalue weighted by atomic mass is 16.5. The van der Waals surface area contributed by atoms with Crippen LogP contribution in [-0.2, 0) is 14.3 Å². The quantitative estimate of drug-likeness (QED) is 0.471. The SMILES string of the molecule is COC(=O)/C=C/N1CCC(OC)C1. The van der Waals surface area contributed by atoms with E-state index in [4.69, 9.17) is 4.74 Å². The Hall–Kier alpha value is -1.03. The van der Waals surface area contributed by atoms with Crippen LogP contribution in [0.4, 0.5) is 0 Å². The summed E-state index contributed by atoms with van der Waals surface area (Å²) in [6.45, 7) is 1.79. The average molecular weight is 185 g/mol. The molecule has 1 aliphatic rings. The summed E-state index contributed by atoms with van der Waals surface area (Å²) in [5, 5.41) is 0. The smallest absolute Gasteiger partial charge is 0.331 e. The van der Waals surface area contributed by atoms with Crippen molar-refractivity contribution in [2.75, 3.05) is 27.3 Å². The highest BCUT2D eigenvalue weighted by molar-refractivity contribution is 5.81. The second kappa shape index (κ2) is 4.87. The normalized spacial score (nSPS) is 22.6. The van der Waals surface area contributed by atoms with Crippen LogP contribution in [0.3, 0.4) is 0 Å². The van der Waals surface area contributed by atoms with E-state index < -0.39 is 0 Å². The van der Waals surface area contributed by atoms with Crippen molar-refractivity contribution >= 4 is 5.97 Å². The Kier molecular flexibility index (Phi) is 3.76. The van der Waals surface area contributed by atoms with Gasteiger partial charge < -0.3 is 14.4 Å². The van der Waals surface area contributed by atoms with Crippen molar-refractivity contribution in [3.05, 3.63) is 12.3 Å². The monoisotopic (exact) mass is 185 g/mol. The van der Waals surface area contributed by atoms with Gasteiger partial charge in [-0.3, -0.25) is 0 Å². The molecule has 4 nitrogen and oxygen atoms in total. The number of nitrogens with zero attached hydrogens (tertiary/aromatic N) is 1. The molecule has 0 N–H and O–H groups in total. The largest absolute Gasteiger partial charge is 0.466 e. The van der Waals surface area contributed by atoms with E-state index in [9.17, 15) is 4.79 Å². The first-order chi connectivity index (χ1) is 6.26. The maximum atomic E-state index is 10.8. The minimum absolute atomic E-state index is 0.294. The third-order valence-corrected chi connectivity index (χ3v) is 2.13. The van der Waals surface area contributed by atoms with Crippen molar-refractivity contribution in [1.29, 1.82) is 0 Å². The minimum Gasteiger partial charge on any atom is -0.466 e. The highest BCUT2D eigenvalue weighted by Crippen LogP contribution is 2.11. The molecule has 1 unspecified atom stereocenters. The molecule has 0 bridgehead atoms. The zero-order valence-electron chi connectivity index (χ0n) is 8.03. The molecule has 0 spiro atoms. The maximum absolute atomic E-state index is 10.8. The summed E-state index contributed by atoms with van der Waals surface area (Å²) in [6.07, 6.45) is 4.49. The van der Waals surface area contributed by atoms with E-state index in [1.165, 1.54) is 13.2 Å². The molecule has 1 aliphatic heterocycles. The van der Waals surface area contributed by atoms with Crippen LogP contribution in [0.2, 0.25) is 0 Å². The third kappa shape index (κ3) is 3.06. The number of esters is 1. The Morgan fingerprint density at radius 1 is 1.54 bits per heavy atom. The van der Waals surface area contributed by atoms with Gasteiger partial charge in [-0.05, 0) is 6.42 Å². The molecular weight excluding hydrogens is 170 g/mol. The lowest BCUT2D eigenvalue weighted by molar-refractivity contribution is -0.134. The van der Waals surface area contributed by atoms with Crippen molar-refractivity contribution in [3.8, 4) is 0 Å². The average Bonchev–Trinajstić information content (AvgIpc) is 2.61. The van der Waals surface area contributed by atoms with Crippen LogP contribution in [0.1, 0.15) is 6.42 Å². The van der Waals surface area contributed by atoms with E-state index in [0.29, 0.717) is 6.10 Å². The number of methoxy groups -OCH3 is 2. The predicted octanol–water partition coefficient (Wildman–Crippen LogP) is 0.394. The number of ether oxygens (including phenoxy) is 2. The predicted molar refractivity (Wildman–Crippen MR) is 48.1 cm³/mol. The molecule has 0 aromatic heterocycles. The zero-order chi connectivity index (χ0) is 9.68. The van der Waals surface area contributed by atoms with E-state index in [1.807, 2.05) is 4.90 Å². The van der Waals surface area contributed by atoms with Crippen molar-refractivity contribution in [2.24, 2.45) is 0 Å². The first-order valence-corrected chi connectivity index (χ1v) is 4.29. The van der Waals surface area contributed by atoms with Gasteiger partial charge in [0.25, 0.3) is 0 Å². The van der Waals surface area contributed by atoms with Gasteiger partial charge in [-0.1, -0.05) is 0 Å². The second-order valence-electron chi connectivity index (χ2n) is 2.98. The summed E-state index contributed by atoms with van der Waals surface area (Å²) in [5.41, 5.74) is 0. The molecular formula is C9H15NO3. The van der Waals surface area contributed by atoms with E-state index in [1.54, 1.807) is 13.3 Å². The molecule has 0 aliphatic carbocycles. The lowest BCUT2D eigenvalue weighted by atomic mass is 10.3. The van der Waals surface area contributed by atoms with Crippen molar-refractivity contribution in [1.82, 2.24) is 4.90 Å². The number of rotatable bonds is 3. The Bertz CT molecular complexity index is 203. The molecule has 0 aromatic rings. The summed E-state index contributed by atoms with van der Waals surface area (Å²) in [4.78, 5) is 12.8. The summed E-state index contributed by atoms with van der Waals surface area (Å²) in [5.74, 6) is -0.319. The molecule has 1 rings (SSSR count). The number of carbonyl (C=O) groups is 1. The van der Waals surface area contributed by atoms with Crippen molar-refractivity contribution in [2.45, 2.75) is 12.5 Å². The molecule has 13 heavy (non-hydrogen) atoms. The summed E-state index contributed by atoms with van der Waals surface area (Å²) >= 11 is 0. The lowest BCUT2D eigenvalue weighted by Crippen LogP contribution is -2.17. The van der Waals surface area contributed by atoms with Gasteiger partial charge in [0, 0.05) is 32.5 Å². The van der Waals surface area contributed by atoms with Crippen LogP contribution >= 0.6 is 0 Å². The van der Waals surface area contributed by atoms with Gasteiger partial charge in [0.15, 0.2) is 0 Å². The van der Waals surface area contributed by atoms with Gasteiger partial charge in [-0.15, -0.1) is 0 Å². The van der Waals surface area contributed by atoms with E-state index in [-0.39, 0.29) is 5.97 Å². The standard InChI is InChI=1S/C9H15NO3/c1-12-8-3-5-10(7-8)6-4-9(11)13-2/h4,6,8H,3,5,7H2,1-2H3/b6-4+. The van der Waals surface area contributed by atoms with E-state index in [2.05, 4.69) is 4.74 Å². The van der Waals surface area contributed by atoms with Crippen LogP contribution in [0.5, 0.6) is 0 Å². The minimum atomic E-state index is -0.319. The van der Waals surface area contributed by atoms with Gasteiger partial charge in [-0.25, -0.2) is 4.79 Å². The third-order valence-electron chi connectivity index (χ3n) is 2.13. The summed E-state index contributed by atoms with van der Waals surface area (Å²) < 4.78 is 9.66. The lowest BCUT2D eigenvalue weighted by Gasteiger charge is -2.11. The van der Waals surface area contributed by atoms with Gasteiger partial charge in [-0.2, -0.15) is 0 Å². The van der Waals surface area contributed by atoms with Crippen LogP contribution in [-0.4, -0.2) is 44.3 Å². The van der Waals surface area contributed by atoms with Crippen molar-refractivity contribution in [3.63, 3.8) is 0 Å². The second-order valence-corrected chi connectivity index (χ2v) is 2.98. The fourth-order valence-corrected chi connectivity index (χ4v) is 1.32. The molecule has 1 saturated heterocycles. The molecule has 0 amide bonds. The van der Waals surface area contributed by atoms with Crippen LogP contribution < -0.4 is 0 Å². The van der Waals surface area contributed by atoms with Gasteiger partial charge in [0.05, 0.1) is 13.2 Å². The fourth-order valence-electron chi connectivity index (χ4n) is 1.32. The van der Waals surface area contributed by atoms with E-state index >= 15 is 0 Å². The summed E-state index contributed by atoms with van der Waals surface area (Å²) in [6, 6.07) is 0. The molecule has 1 fully saturated rings. The Morgan fingerprint density at radius 2 is 2.31 bits per heavy atom. The molecule has 0 aromatic carbocycles. The number of hydrogen-bond donors (Lipinski definition) is 0. The highest BCUT2D eigenvalue weighted by Gasteiger charge is 2.19. The maximum Gasteiger partial charge on any atom is 0.331 e. The van der Waals surface area contributed by atoms with Gasteiger partial charge in [0.1, 0.15) is 0 Å². The number of carbonyl (C=O) groups excluding carboxylic acids is 1. The number of likely N-dealkylation sites (tertiary alicyclic amines) is 1. The number of hydrogen-bond acceptors (Lipinski definition) is 4. The molecule has 0 saturated carbocycles. The molecule has 1 heterocycles. The Morgan fingerprint density at radius 3 is 2.85 bits per heavy atom. The first kappa shape index (κ1) is 10.1. The first-order valence-electron chi connectivity index (χ1n) is 4.29. The topological polar surface area (TPSA) is 38.8 Å². The van der Waals surface area contributed by atoms with Gasteiger partial charge >= 0.3 is 5.97 Å². The zero-order valence-corrected chi connectivity index (χ0v) is 8.03. The fraction of sp³-hybridized carbons (Fsp3) is 0.667. The Labute approximate surface area is 78.1 Å². The molecule has 0 radical (unpaired) electrons. The Balaban J connectivity index is 2.31. The molecule has 4 heteroatoms. The van der Waals surface area contributed by atoms with E-state index in [0.717, 1.165) is 19.5 Å². The molecule has 1 atom stereocenters. The van der Waals surface area contributed by atoms with Crippen LogP contribution in [0, 0.1) is 0 Å². The van der Waals surface area contributed by atoms with Gasteiger partial charge in [0.2, 0.25) is 0 Å². The van der Waals surface area contributed by atoms with Crippen LogP contribution in [0.15, 0.2) is 12.3 Å². The molecule has 74 valence electrons. The van der Waals surface area contributed by atoms with Crippen LogP contribution in [0.25, 0.3) is 0 Å². The summed E-state index contributed by atoms with van der Waals surface area (Å²) in [7, 11) is 3.08. The van der Waals surface area contributed by atoms with Crippen molar-refractivity contribution < 1.29 is 14.3 Å².